The number of amides is 1. The Morgan fingerprint density at radius 3 is 2.82 bits per heavy atom. The van der Waals surface area contributed by atoms with Gasteiger partial charge in [-0.05, 0) is 18.2 Å². The first-order chi connectivity index (χ1) is 10.7. The first kappa shape index (κ1) is 13.2. The maximum Gasteiger partial charge on any atom is 0.258 e. The van der Waals surface area contributed by atoms with Crippen LogP contribution in [0.15, 0.2) is 57.6 Å². The molecule has 0 fully saturated rings. The molecule has 6 heteroatoms. The molecule has 2 aromatic rings. The lowest BCUT2D eigenvalue weighted by Crippen LogP contribution is -2.26. The van der Waals surface area contributed by atoms with E-state index in [1.807, 2.05) is 42.5 Å². The first-order valence-corrected chi connectivity index (χ1v) is 7.42. The predicted molar refractivity (Wildman–Crippen MR) is 85.2 cm³/mol. The summed E-state index contributed by atoms with van der Waals surface area (Å²) >= 11 is 3.39. The highest BCUT2D eigenvalue weighted by Crippen LogP contribution is 2.37. The molecule has 2 aromatic carbocycles. The molecule has 5 nitrogen and oxygen atoms in total. The molecule has 0 aliphatic carbocycles. The Kier molecular flexibility index (Phi) is 2.88. The van der Waals surface area contributed by atoms with Crippen molar-refractivity contribution in [3.8, 4) is 0 Å². The van der Waals surface area contributed by atoms with E-state index in [9.17, 15) is 10.0 Å². The summed E-state index contributed by atoms with van der Waals surface area (Å²) < 4.78 is 0.883. The summed E-state index contributed by atoms with van der Waals surface area (Å²) in [6.45, 7) is 0. The quantitative estimate of drug-likeness (QED) is 0.536. The SMILES string of the molecule is O=C1Nc2cc(Br)ccc2/C1=C1\N=c2ccccc2=C1NO. The van der Waals surface area contributed by atoms with Crippen molar-refractivity contribution in [2.75, 3.05) is 5.32 Å². The van der Waals surface area contributed by atoms with Crippen LogP contribution in [-0.2, 0) is 4.79 Å². The number of fused-ring (bicyclic) bond motifs is 2. The molecule has 108 valence electrons. The van der Waals surface area contributed by atoms with Crippen molar-refractivity contribution in [1.82, 2.24) is 5.48 Å². The van der Waals surface area contributed by atoms with Gasteiger partial charge < -0.3 is 5.32 Å². The molecular formula is C16H10BrN3O2. The van der Waals surface area contributed by atoms with Crippen molar-refractivity contribution in [3.63, 3.8) is 0 Å². The number of halogens is 1. The Labute approximate surface area is 133 Å². The first-order valence-electron chi connectivity index (χ1n) is 6.63. The number of benzene rings is 2. The highest BCUT2D eigenvalue weighted by atomic mass is 79.9. The lowest BCUT2D eigenvalue weighted by atomic mass is 10.0. The molecule has 0 saturated heterocycles. The van der Waals surface area contributed by atoms with Gasteiger partial charge in [0.05, 0.1) is 22.3 Å². The van der Waals surface area contributed by atoms with Gasteiger partial charge in [-0.2, -0.15) is 0 Å². The summed E-state index contributed by atoms with van der Waals surface area (Å²) in [6, 6.07) is 13.0. The third-order valence-electron chi connectivity index (χ3n) is 3.72. The third-order valence-corrected chi connectivity index (χ3v) is 4.21. The highest BCUT2D eigenvalue weighted by molar-refractivity contribution is 9.10. The summed E-state index contributed by atoms with van der Waals surface area (Å²) in [5.74, 6) is -0.229. The maximum atomic E-state index is 12.4. The number of carbonyl (C=O) groups is 1. The van der Waals surface area contributed by atoms with E-state index in [0.29, 0.717) is 17.0 Å². The number of nitrogens with one attached hydrogen (secondary N) is 2. The second kappa shape index (κ2) is 4.79. The molecule has 2 aliphatic heterocycles. The predicted octanol–water partition coefficient (Wildman–Crippen LogP) is 1.53. The molecule has 0 saturated carbocycles. The molecule has 2 aliphatic rings. The summed E-state index contributed by atoms with van der Waals surface area (Å²) in [4.78, 5) is 16.9. The second-order valence-electron chi connectivity index (χ2n) is 4.98. The van der Waals surface area contributed by atoms with Gasteiger partial charge in [-0.1, -0.05) is 40.2 Å². The van der Waals surface area contributed by atoms with Gasteiger partial charge in [0.25, 0.3) is 5.91 Å². The van der Waals surface area contributed by atoms with E-state index in [4.69, 9.17) is 0 Å². The molecule has 1 amide bonds. The Balaban J connectivity index is 2.05. The van der Waals surface area contributed by atoms with Gasteiger partial charge in [0.15, 0.2) is 0 Å². The van der Waals surface area contributed by atoms with Gasteiger partial charge in [-0.3, -0.25) is 15.5 Å². The van der Waals surface area contributed by atoms with E-state index in [2.05, 4.69) is 31.7 Å². The van der Waals surface area contributed by atoms with Crippen LogP contribution < -0.4 is 21.4 Å². The Morgan fingerprint density at radius 1 is 1.18 bits per heavy atom. The molecule has 0 aromatic heterocycles. The molecule has 22 heavy (non-hydrogen) atoms. The number of anilines is 1. The molecular weight excluding hydrogens is 346 g/mol. The van der Waals surface area contributed by atoms with Crippen molar-refractivity contribution in [3.05, 3.63) is 68.8 Å². The van der Waals surface area contributed by atoms with Crippen molar-refractivity contribution >= 4 is 38.8 Å². The summed E-state index contributed by atoms with van der Waals surface area (Å²) in [7, 11) is 0. The van der Waals surface area contributed by atoms with Crippen LogP contribution >= 0.6 is 15.9 Å². The van der Waals surface area contributed by atoms with Crippen LogP contribution in [0.1, 0.15) is 5.56 Å². The van der Waals surface area contributed by atoms with Crippen LogP contribution in [0.2, 0.25) is 0 Å². The minimum absolute atomic E-state index is 0.229. The van der Waals surface area contributed by atoms with E-state index >= 15 is 0 Å². The van der Waals surface area contributed by atoms with Crippen LogP contribution in [0, 0.1) is 0 Å². The summed E-state index contributed by atoms with van der Waals surface area (Å²) in [5.41, 5.74) is 5.03. The average Bonchev–Trinajstić information content (AvgIpc) is 3.02. The molecule has 0 radical (unpaired) electrons. The molecule has 2 heterocycles. The van der Waals surface area contributed by atoms with Crippen molar-refractivity contribution in [2.45, 2.75) is 0 Å². The summed E-state index contributed by atoms with van der Waals surface area (Å²) in [5, 5.41) is 13.8. The molecule has 0 spiro atoms. The van der Waals surface area contributed by atoms with Gasteiger partial charge in [0, 0.05) is 15.3 Å². The van der Waals surface area contributed by atoms with Crippen LogP contribution in [0.25, 0.3) is 11.3 Å². The van der Waals surface area contributed by atoms with E-state index < -0.39 is 0 Å². The zero-order valence-corrected chi connectivity index (χ0v) is 12.8. The third kappa shape index (κ3) is 1.81. The highest BCUT2D eigenvalue weighted by Gasteiger charge is 2.30. The topological polar surface area (TPSA) is 73.7 Å². The van der Waals surface area contributed by atoms with Gasteiger partial charge in [0.2, 0.25) is 0 Å². The van der Waals surface area contributed by atoms with E-state index in [1.165, 1.54) is 0 Å². The Morgan fingerprint density at radius 2 is 2.00 bits per heavy atom. The fraction of sp³-hybridized carbons (Fsp3) is 0. The number of hydrogen-bond donors (Lipinski definition) is 3. The molecule has 0 atom stereocenters. The average molecular weight is 356 g/mol. The smallest absolute Gasteiger partial charge is 0.258 e. The van der Waals surface area contributed by atoms with Crippen LogP contribution in [0.5, 0.6) is 0 Å². The lowest BCUT2D eigenvalue weighted by Gasteiger charge is -2.05. The fourth-order valence-electron chi connectivity index (χ4n) is 2.76. The maximum absolute atomic E-state index is 12.4. The fourth-order valence-corrected chi connectivity index (χ4v) is 3.12. The number of nitrogens with zero attached hydrogens (tertiary/aromatic N) is 1. The largest absolute Gasteiger partial charge is 0.321 e. The number of carbonyl (C=O) groups excluding carboxylic acids is 1. The van der Waals surface area contributed by atoms with Crippen molar-refractivity contribution in [2.24, 2.45) is 4.99 Å². The van der Waals surface area contributed by atoms with Crippen LogP contribution in [-0.4, -0.2) is 11.1 Å². The van der Waals surface area contributed by atoms with E-state index in [1.54, 1.807) is 0 Å². The molecule has 4 rings (SSSR count). The Hall–Kier alpha value is -2.44. The minimum Gasteiger partial charge on any atom is -0.321 e. The van der Waals surface area contributed by atoms with E-state index in [0.717, 1.165) is 26.3 Å². The minimum atomic E-state index is -0.229. The zero-order chi connectivity index (χ0) is 15.3. The van der Waals surface area contributed by atoms with E-state index in [-0.39, 0.29) is 5.91 Å². The van der Waals surface area contributed by atoms with Crippen LogP contribution in [0.4, 0.5) is 5.69 Å². The van der Waals surface area contributed by atoms with Gasteiger partial charge in [-0.25, -0.2) is 4.99 Å². The van der Waals surface area contributed by atoms with Crippen LogP contribution in [0.3, 0.4) is 0 Å². The Bertz CT molecular complexity index is 979. The molecule has 3 N–H and O–H groups in total. The molecule has 0 unspecified atom stereocenters. The van der Waals surface area contributed by atoms with Gasteiger partial charge >= 0.3 is 0 Å². The normalized spacial score (nSPS) is 18.6. The van der Waals surface area contributed by atoms with Crippen molar-refractivity contribution in [1.29, 1.82) is 0 Å². The standard InChI is InChI=1S/C16H10BrN3O2/c17-8-5-6-9-12(7-8)19-16(21)13(9)15-14(20-22)10-3-1-2-4-11(10)18-15/h1-7,20,22H,(H,19,21)/b15-13+. The number of para-hydroxylation sites is 1. The second-order valence-corrected chi connectivity index (χ2v) is 5.90. The van der Waals surface area contributed by atoms with Crippen molar-refractivity contribution < 1.29 is 10.0 Å². The number of rotatable bonds is 1. The number of hydroxylamine groups is 1. The lowest BCUT2D eigenvalue weighted by molar-refractivity contribution is -0.110. The monoisotopic (exact) mass is 355 g/mol. The van der Waals surface area contributed by atoms with Gasteiger partial charge in [-0.15, -0.1) is 0 Å². The molecule has 0 bridgehead atoms. The zero-order valence-electron chi connectivity index (χ0n) is 11.2. The summed E-state index contributed by atoms with van der Waals surface area (Å²) in [6.07, 6.45) is 0. The van der Waals surface area contributed by atoms with Gasteiger partial charge in [0.1, 0.15) is 5.70 Å². The number of hydrogen-bond acceptors (Lipinski definition) is 4.